The van der Waals surface area contributed by atoms with E-state index in [9.17, 15) is 0 Å². The summed E-state index contributed by atoms with van der Waals surface area (Å²) in [6.07, 6.45) is 3.74. The summed E-state index contributed by atoms with van der Waals surface area (Å²) in [6.45, 7) is 4.17. The van der Waals surface area contributed by atoms with Crippen LogP contribution in [0, 0.1) is 6.92 Å². The van der Waals surface area contributed by atoms with Crippen molar-refractivity contribution >= 4 is 22.9 Å². The molecule has 3 heterocycles. The van der Waals surface area contributed by atoms with Crippen LogP contribution >= 0.6 is 11.3 Å². The second-order valence-corrected chi connectivity index (χ2v) is 5.73. The zero-order chi connectivity index (χ0) is 13.9. The Morgan fingerprint density at radius 1 is 1.45 bits per heavy atom. The van der Waals surface area contributed by atoms with E-state index in [1.165, 1.54) is 11.2 Å². The van der Waals surface area contributed by atoms with E-state index in [1.54, 1.807) is 15.9 Å². The summed E-state index contributed by atoms with van der Waals surface area (Å²) in [5.41, 5.74) is 0.939. The summed E-state index contributed by atoms with van der Waals surface area (Å²) in [7, 11) is 0. The second kappa shape index (κ2) is 5.58. The molecular formula is C14H17N5S. The van der Waals surface area contributed by atoms with Crippen molar-refractivity contribution in [2.75, 3.05) is 5.32 Å². The molecule has 3 aromatic heterocycles. The van der Waals surface area contributed by atoms with Gasteiger partial charge in [0.25, 0.3) is 5.78 Å². The summed E-state index contributed by atoms with van der Waals surface area (Å²) in [5.74, 6) is 1.57. The van der Waals surface area contributed by atoms with Crippen LogP contribution in [0.25, 0.3) is 5.78 Å². The van der Waals surface area contributed by atoms with E-state index in [0.29, 0.717) is 11.8 Å². The molecule has 0 aliphatic rings. The topological polar surface area (TPSA) is 55.1 Å². The fourth-order valence-corrected chi connectivity index (χ4v) is 3.09. The molecule has 0 amide bonds. The van der Waals surface area contributed by atoms with Gasteiger partial charge in [0.2, 0.25) is 0 Å². The Labute approximate surface area is 121 Å². The number of hydrogen-bond donors (Lipinski definition) is 1. The Morgan fingerprint density at radius 3 is 3.10 bits per heavy atom. The lowest BCUT2D eigenvalue weighted by Crippen LogP contribution is -2.13. The van der Waals surface area contributed by atoms with Gasteiger partial charge in [-0.15, -0.1) is 11.3 Å². The lowest BCUT2D eigenvalue weighted by molar-refractivity contribution is 0.679. The molecule has 0 saturated heterocycles. The van der Waals surface area contributed by atoms with Crippen LogP contribution in [0.3, 0.4) is 0 Å². The number of anilines is 1. The predicted octanol–water partition coefficient (Wildman–Crippen LogP) is 3.45. The highest BCUT2D eigenvalue weighted by molar-refractivity contribution is 7.10. The van der Waals surface area contributed by atoms with Gasteiger partial charge in [-0.25, -0.2) is 4.98 Å². The molecule has 3 aromatic rings. The zero-order valence-electron chi connectivity index (χ0n) is 11.6. The third-order valence-electron chi connectivity index (χ3n) is 3.17. The van der Waals surface area contributed by atoms with Crippen molar-refractivity contribution in [1.82, 2.24) is 19.6 Å². The molecule has 0 aliphatic heterocycles. The molecule has 1 N–H and O–H groups in total. The number of nitrogens with zero attached hydrogens (tertiary/aromatic N) is 4. The fraction of sp³-hybridized carbons (Fsp3) is 0.357. The van der Waals surface area contributed by atoms with Crippen molar-refractivity contribution in [1.29, 1.82) is 0 Å². The highest BCUT2D eigenvalue weighted by Crippen LogP contribution is 2.27. The number of aryl methyl sites for hydroxylation is 1. The van der Waals surface area contributed by atoms with Crippen LogP contribution in [0.4, 0.5) is 5.82 Å². The first-order valence-electron chi connectivity index (χ1n) is 6.75. The molecule has 0 spiro atoms. The lowest BCUT2D eigenvalue weighted by atomic mass is 10.1. The van der Waals surface area contributed by atoms with Gasteiger partial charge in [0.15, 0.2) is 0 Å². The van der Waals surface area contributed by atoms with Crippen molar-refractivity contribution in [3.8, 4) is 0 Å². The van der Waals surface area contributed by atoms with Crippen LogP contribution in [-0.4, -0.2) is 19.6 Å². The van der Waals surface area contributed by atoms with E-state index in [4.69, 9.17) is 0 Å². The number of nitrogens with one attached hydrogen (secondary N) is 1. The standard InChI is InChI=1S/C14H17N5S/c1-3-5-11(12-6-4-7-20-12)18-13-8-10(2)17-14-15-9-16-19(13)14/h4,6-9,11,18H,3,5H2,1-2H3. The number of thiophene rings is 1. The van der Waals surface area contributed by atoms with Gasteiger partial charge in [-0.3, -0.25) is 0 Å². The summed E-state index contributed by atoms with van der Waals surface area (Å²) in [6, 6.07) is 6.57. The fourth-order valence-electron chi connectivity index (χ4n) is 2.28. The van der Waals surface area contributed by atoms with Crippen LogP contribution in [0.5, 0.6) is 0 Å². The monoisotopic (exact) mass is 287 g/mol. The minimum Gasteiger partial charge on any atom is -0.362 e. The molecule has 104 valence electrons. The molecule has 0 bridgehead atoms. The van der Waals surface area contributed by atoms with Crippen LogP contribution in [0.15, 0.2) is 29.9 Å². The van der Waals surface area contributed by atoms with Gasteiger partial charge in [0.1, 0.15) is 12.1 Å². The number of aromatic nitrogens is 4. The van der Waals surface area contributed by atoms with E-state index in [1.807, 2.05) is 13.0 Å². The van der Waals surface area contributed by atoms with Crippen LogP contribution in [0.2, 0.25) is 0 Å². The molecule has 0 aromatic carbocycles. The molecule has 1 atom stereocenters. The summed E-state index contributed by atoms with van der Waals surface area (Å²) >= 11 is 1.78. The Balaban J connectivity index is 1.96. The number of fused-ring (bicyclic) bond motifs is 1. The second-order valence-electron chi connectivity index (χ2n) is 4.76. The number of hydrogen-bond acceptors (Lipinski definition) is 5. The Kier molecular flexibility index (Phi) is 3.64. The van der Waals surface area contributed by atoms with Gasteiger partial charge in [-0.2, -0.15) is 14.6 Å². The highest BCUT2D eigenvalue weighted by Gasteiger charge is 2.14. The van der Waals surface area contributed by atoms with Crippen molar-refractivity contribution in [3.05, 3.63) is 40.5 Å². The summed E-state index contributed by atoms with van der Waals surface area (Å²) < 4.78 is 1.75. The van der Waals surface area contributed by atoms with E-state index in [2.05, 4.69) is 44.8 Å². The normalized spacial score (nSPS) is 12.7. The third-order valence-corrected chi connectivity index (χ3v) is 4.15. The van der Waals surface area contributed by atoms with Gasteiger partial charge in [0, 0.05) is 16.6 Å². The first-order chi connectivity index (χ1) is 9.78. The van der Waals surface area contributed by atoms with Crippen molar-refractivity contribution in [2.24, 2.45) is 0 Å². The molecule has 6 heteroatoms. The van der Waals surface area contributed by atoms with Crippen LogP contribution in [0.1, 0.15) is 36.4 Å². The average Bonchev–Trinajstić information content (AvgIpc) is 3.08. The smallest absolute Gasteiger partial charge is 0.254 e. The Morgan fingerprint density at radius 2 is 2.35 bits per heavy atom. The SMILES string of the molecule is CCCC(Nc1cc(C)nc2ncnn12)c1cccs1. The minimum atomic E-state index is 0.300. The van der Waals surface area contributed by atoms with E-state index in [-0.39, 0.29) is 0 Å². The van der Waals surface area contributed by atoms with Gasteiger partial charge in [-0.05, 0) is 24.8 Å². The summed E-state index contributed by atoms with van der Waals surface area (Å²) in [5, 5.41) is 9.93. The zero-order valence-corrected chi connectivity index (χ0v) is 12.4. The molecule has 5 nitrogen and oxygen atoms in total. The third kappa shape index (κ3) is 2.51. The van der Waals surface area contributed by atoms with Crippen molar-refractivity contribution < 1.29 is 0 Å². The van der Waals surface area contributed by atoms with Gasteiger partial charge in [-0.1, -0.05) is 19.4 Å². The van der Waals surface area contributed by atoms with Crippen molar-refractivity contribution in [2.45, 2.75) is 32.7 Å². The van der Waals surface area contributed by atoms with Gasteiger partial charge in [0.05, 0.1) is 6.04 Å². The molecule has 0 saturated carbocycles. The molecule has 1 unspecified atom stereocenters. The molecule has 3 rings (SSSR count). The Bertz CT molecular complexity index is 689. The first kappa shape index (κ1) is 13.1. The average molecular weight is 287 g/mol. The molecule has 0 radical (unpaired) electrons. The highest BCUT2D eigenvalue weighted by atomic mass is 32.1. The summed E-state index contributed by atoms with van der Waals surface area (Å²) in [4.78, 5) is 9.87. The van der Waals surface area contributed by atoms with Gasteiger partial charge < -0.3 is 5.32 Å². The maximum atomic E-state index is 4.36. The predicted molar refractivity (Wildman–Crippen MR) is 81.1 cm³/mol. The van der Waals surface area contributed by atoms with E-state index < -0.39 is 0 Å². The maximum absolute atomic E-state index is 4.36. The quantitative estimate of drug-likeness (QED) is 0.781. The molecule has 20 heavy (non-hydrogen) atoms. The van der Waals surface area contributed by atoms with Gasteiger partial charge >= 0.3 is 0 Å². The maximum Gasteiger partial charge on any atom is 0.254 e. The number of rotatable bonds is 5. The van der Waals surface area contributed by atoms with E-state index in [0.717, 1.165) is 24.4 Å². The molecular weight excluding hydrogens is 270 g/mol. The Hall–Kier alpha value is -1.95. The van der Waals surface area contributed by atoms with Crippen LogP contribution < -0.4 is 5.32 Å². The first-order valence-corrected chi connectivity index (χ1v) is 7.63. The lowest BCUT2D eigenvalue weighted by Gasteiger charge is -2.18. The molecule has 0 aliphatic carbocycles. The molecule has 0 fully saturated rings. The van der Waals surface area contributed by atoms with E-state index >= 15 is 0 Å². The minimum absolute atomic E-state index is 0.300. The largest absolute Gasteiger partial charge is 0.362 e. The van der Waals surface area contributed by atoms with Crippen molar-refractivity contribution in [3.63, 3.8) is 0 Å². The van der Waals surface area contributed by atoms with Crippen LogP contribution in [-0.2, 0) is 0 Å².